The maximum absolute atomic E-state index is 13.2. The molecule has 30 heavy (non-hydrogen) atoms. The van der Waals surface area contributed by atoms with E-state index in [0.29, 0.717) is 10.1 Å². The van der Waals surface area contributed by atoms with Crippen LogP contribution < -0.4 is 15.2 Å². The van der Waals surface area contributed by atoms with Gasteiger partial charge in [0.2, 0.25) is 0 Å². The van der Waals surface area contributed by atoms with Gasteiger partial charge in [0.15, 0.2) is 5.17 Å². The summed E-state index contributed by atoms with van der Waals surface area (Å²) < 4.78 is 0. The molecule has 0 saturated carbocycles. The summed E-state index contributed by atoms with van der Waals surface area (Å²) in [5, 5.41) is 5.11. The highest BCUT2D eigenvalue weighted by Crippen LogP contribution is 2.36. The molecule has 0 aromatic heterocycles. The minimum Gasteiger partial charge on any atom is -0.378 e. The number of rotatable bonds is 5. The van der Waals surface area contributed by atoms with Gasteiger partial charge in [-0.05, 0) is 59.8 Å². The van der Waals surface area contributed by atoms with Crippen molar-refractivity contribution in [3.8, 4) is 0 Å². The fourth-order valence-electron chi connectivity index (χ4n) is 3.00. The van der Waals surface area contributed by atoms with Gasteiger partial charge >= 0.3 is 0 Å². The first-order chi connectivity index (χ1) is 14.6. The highest BCUT2D eigenvalue weighted by atomic mass is 32.2. The van der Waals surface area contributed by atoms with Gasteiger partial charge in [-0.3, -0.25) is 15.1 Å². The fraction of sp³-hybridized carbons (Fsp3) is 0.0833. The van der Waals surface area contributed by atoms with Crippen molar-refractivity contribution in [3.63, 3.8) is 0 Å². The van der Waals surface area contributed by atoms with Crippen LogP contribution in [0.25, 0.3) is 6.08 Å². The molecule has 0 aliphatic carbocycles. The van der Waals surface area contributed by atoms with Gasteiger partial charge in [-0.2, -0.15) is 0 Å². The van der Waals surface area contributed by atoms with Crippen LogP contribution in [0.2, 0.25) is 0 Å². The van der Waals surface area contributed by atoms with Crippen LogP contribution in [0.4, 0.5) is 17.1 Å². The number of anilines is 3. The van der Waals surface area contributed by atoms with E-state index in [2.05, 4.69) is 10.5 Å². The van der Waals surface area contributed by atoms with Crippen molar-refractivity contribution in [1.82, 2.24) is 0 Å². The summed E-state index contributed by atoms with van der Waals surface area (Å²) >= 11 is 1.36. The Morgan fingerprint density at radius 1 is 0.900 bits per heavy atom. The van der Waals surface area contributed by atoms with Gasteiger partial charge in [0.1, 0.15) is 0 Å². The second kappa shape index (κ2) is 8.88. The van der Waals surface area contributed by atoms with Crippen LogP contribution in [-0.2, 0) is 4.79 Å². The van der Waals surface area contributed by atoms with Crippen molar-refractivity contribution in [2.45, 2.75) is 0 Å². The Hall–Kier alpha value is -3.51. The standard InChI is InChI=1S/C24H22N4OS/c1-27(2)20-15-13-18(14-16-20)17-22-23(29)28(21-11-7-4-8-12-21)24(30-22)26-25-19-9-5-3-6-10-19/h3-17,25H,1-2H3/b22-17+,26-24+. The molecular weight excluding hydrogens is 392 g/mol. The Morgan fingerprint density at radius 2 is 1.53 bits per heavy atom. The molecule has 0 bridgehead atoms. The number of hydrazone groups is 1. The molecule has 0 atom stereocenters. The zero-order valence-corrected chi connectivity index (χ0v) is 17.6. The molecule has 1 heterocycles. The quantitative estimate of drug-likeness (QED) is 0.457. The first-order valence-corrected chi connectivity index (χ1v) is 10.4. The molecule has 0 unspecified atom stereocenters. The summed E-state index contributed by atoms with van der Waals surface area (Å²) in [4.78, 5) is 17.5. The minimum atomic E-state index is -0.0866. The molecule has 6 heteroatoms. The average molecular weight is 415 g/mol. The second-order valence-electron chi connectivity index (χ2n) is 6.94. The predicted molar refractivity (Wildman–Crippen MR) is 128 cm³/mol. The molecular formula is C24H22N4OS. The average Bonchev–Trinajstić information content (AvgIpc) is 3.09. The molecule has 0 spiro atoms. The van der Waals surface area contributed by atoms with Gasteiger partial charge in [0.05, 0.1) is 16.3 Å². The number of nitrogens with zero attached hydrogens (tertiary/aromatic N) is 3. The van der Waals surface area contributed by atoms with E-state index in [4.69, 9.17) is 0 Å². The molecule has 1 amide bonds. The Morgan fingerprint density at radius 3 is 2.17 bits per heavy atom. The molecule has 1 N–H and O–H groups in total. The molecule has 5 nitrogen and oxygen atoms in total. The van der Waals surface area contributed by atoms with Crippen molar-refractivity contribution >= 4 is 46.0 Å². The number of carbonyl (C=O) groups excluding carboxylic acids is 1. The first-order valence-electron chi connectivity index (χ1n) is 9.57. The second-order valence-corrected chi connectivity index (χ2v) is 7.95. The van der Waals surface area contributed by atoms with Crippen LogP contribution in [-0.4, -0.2) is 25.2 Å². The molecule has 0 radical (unpaired) electrons. The lowest BCUT2D eigenvalue weighted by atomic mass is 10.2. The van der Waals surface area contributed by atoms with Crippen LogP contribution in [0.3, 0.4) is 0 Å². The van der Waals surface area contributed by atoms with E-state index in [9.17, 15) is 4.79 Å². The number of thioether (sulfide) groups is 1. The fourth-order valence-corrected chi connectivity index (χ4v) is 3.94. The Labute approximate surface area is 180 Å². The van der Waals surface area contributed by atoms with Crippen molar-refractivity contribution in [1.29, 1.82) is 0 Å². The zero-order valence-electron chi connectivity index (χ0n) is 16.8. The normalized spacial score (nSPS) is 16.3. The summed E-state index contributed by atoms with van der Waals surface area (Å²) in [5.74, 6) is -0.0866. The lowest BCUT2D eigenvalue weighted by Crippen LogP contribution is -2.29. The highest BCUT2D eigenvalue weighted by Gasteiger charge is 2.34. The molecule has 3 aromatic rings. The third-order valence-corrected chi connectivity index (χ3v) is 5.55. The predicted octanol–water partition coefficient (Wildman–Crippen LogP) is 5.26. The van der Waals surface area contributed by atoms with Crippen LogP contribution in [0, 0.1) is 0 Å². The van der Waals surface area contributed by atoms with Crippen LogP contribution >= 0.6 is 11.8 Å². The van der Waals surface area contributed by atoms with Gasteiger partial charge in [-0.15, -0.1) is 5.10 Å². The van der Waals surface area contributed by atoms with Crippen LogP contribution in [0.5, 0.6) is 0 Å². The smallest absolute Gasteiger partial charge is 0.271 e. The van der Waals surface area contributed by atoms with E-state index in [1.807, 2.05) is 110 Å². The molecule has 1 fully saturated rings. The van der Waals surface area contributed by atoms with Gasteiger partial charge in [-0.1, -0.05) is 48.5 Å². The topological polar surface area (TPSA) is 47.9 Å². The van der Waals surface area contributed by atoms with E-state index in [0.717, 1.165) is 22.6 Å². The van der Waals surface area contributed by atoms with Gasteiger partial charge in [0, 0.05) is 19.8 Å². The summed E-state index contributed by atoms with van der Waals surface area (Å²) in [7, 11) is 4.01. The lowest BCUT2D eigenvalue weighted by molar-refractivity contribution is -0.113. The third kappa shape index (κ3) is 4.39. The Balaban J connectivity index is 1.65. The number of hydrogen-bond acceptors (Lipinski definition) is 5. The lowest BCUT2D eigenvalue weighted by Gasteiger charge is -2.15. The molecule has 4 rings (SSSR count). The molecule has 150 valence electrons. The number of amidine groups is 1. The van der Waals surface area contributed by atoms with Crippen LogP contribution in [0.15, 0.2) is 94.9 Å². The molecule has 1 aliphatic rings. The Kier molecular flexibility index (Phi) is 5.86. The summed E-state index contributed by atoms with van der Waals surface area (Å²) in [6.07, 6.45) is 1.91. The number of hydrogen-bond donors (Lipinski definition) is 1. The molecule has 3 aromatic carbocycles. The number of amides is 1. The van der Waals surface area contributed by atoms with Crippen molar-refractivity contribution in [2.75, 3.05) is 29.3 Å². The van der Waals surface area contributed by atoms with E-state index in [1.165, 1.54) is 11.8 Å². The number of nitrogens with one attached hydrogen (secondary N) is 1. The number of carbonyl (C=O) groups is 1. The molecule has 1 aliphatic heterocycles. The van der Waals surface area contributed by atoms with Crippen LogP contribution in [0.1, 0.15) is 5.56 Å². The minimum absolute atomic E-state index is 0.0866. The summed E-state index contributed by atoms with van der Waals surface area (Å²) in [6, 6.07) is 27.4. The Bertz CT molecular complexity index is 1080. The van der Waals surface area contributed by atoms with Gasteiger partial charge in [0.25, 0.3) is 5.91 Å². The molecule has 1 saturated heterocycles. The van der Waals surface area contributed by atoms with Crippen molar-refractivity contribution < 1.29 is 4.79 Å². The highest BCUT2D eigenvalue weighted by molar-refractivity contribution is 8.19. The zero-order chi connectivity index (χ0) is 20.9. The maximum atomic E-state index is 13.2. The number of para-hydroxylation sites is 2. The first kappa shape index (κ1) is 19.8. The van der Waals surface area contributed by atoms with E-state index < -0.39 is 0 Å². The van der Waals surface area contributed by atoms with E-state index >= 15 is 0 Å². The summed E-state index contributed by atoms with van der Waals surface area (Å²) in [5.41, 5.74) is 6.79. The van der Waals surface area contributed by atoms with E-state index in [1.54, 1.807) is 4.90 Å². The van der Waals surface area contributed by atoms with Gasteiger partial charge < -0.3 is 4.90 Å². The van der Waals surface area contributed by atoms with Crippen molar-refractivity contribution in [3.05, 3.63) is 95.4 Å². The largest absolute Gasteiger partial charge is 0.378 e. The van der Waals surface area contributed by atoms with Gasteiger partial charge in [-0.25, -0.2) is 0 Å². The third-order valence-electron chi connectivity index (χ3n) is 4.58. The number of benzene rings is 3. The monoisotopic (exact) mass is 414 g/mol. The maximum Gasteiger partial charge on any atom is 0.271 e. The SMILES string of the molecule is CN(C)c1ccc(/C=C2/S/C(=N/Nc3ccccc3)N(c3ccccc3)C2=O)cc1. The van der Waals surface area contributed by atoms with Crippen molar-refractivity contribution in [2.24, 2.45) is 5.10 Å². The summed E-state index contributed by atoms with van der Waals surface area (Å²) in [6.45, 7) is 0. The van der Waals surface area contributed by atoms with E-state index in [-0.39, 0.29) is 5.91 Å².